The van der Waals surface area contributed by atoms with Gasteiger partial charge in [0.25, 0.3) is 5.91 Å². The van der Waals surface area contributed by atoms with E-state index in [1.165, 1.54) is 24.3 Å². The molecule has 0 saturated heterocycles. The Balaban J connectivity index is 1.77. The molecule has 2 heterocycles. The molecule has 33 heavy (non-hydrogen) atoms. The molecular weight excluding hydrogens is 422 g/mol. The van der Waals surface area contributed by atoms with Crippen molar-refractivity contribution in [1.29, 1.82) is 0 Å². The largest absolute Gasteiger partial charge is 0.503 e. The minimum Gasteiger partial charge on any atom is -0.503 e. The highest BCUT2D eigenvalue weighted by Crippen LogP contribution is 2.43. The van der Waals surface area contributed by atoms with Gasteiger partial charge in [-0.3, -0.25) is 14.5 Å². The number of ether oxygens (including phenoxy) is 2. The number of benzene rings is 2. The standard InChI is InChI=1S/C26H25NO6/c1-16(2)15-33-19-11-9-18(10-12-19)27-23(17-6-4-7-20(14-17)31-3)22(25(29)26(27)30)24(28)21-8-5-13-32-21/h4-14,16,23,29H,15H2,1-3H3. The molecule has 2 aromatic carbocycles. The molecule has 1 amide bonds. The van der Waals surface area contributed by atoms with Gasteiger partial charge in [-0.15, -0.1) is 0 Å². The summed E-state index contributed by atoms with van der Waals surface area (Å²) in [4.78, 5) is 27.8. The van der Waals surface area contributed by atoms with Gasteiger partial charge in [0.15, 0.2) is 11.5 Å². The summed E-state index contributed by atoms with van der Waals surface area (Å²) in [6, 6.07) is 16.2. The normalized spacial score (nSPS) is 15.9. The molecule has 7 heteroatoms. The summed E-state index contributed by atoms with van der Waals surface area (Å²) in [5.74, 6) is -0.194. The van der Waals surface area contributed by atoms with Crippen LogP contribution in [0.3, 0.4) is 0 Å². The molecule has 7 nitrogen and oxygen atoms in total. The van der Waals surface area contributed by atoms with E-state index in [0.29, 0.717) is 35.3 Å². The summed E-state index contributed by atoms with van der Waals surface area (Å²) < 4.78 is 16.3. The summed E-state index contributed by atoms with van der Waals surface area (Å²) in [7, 11) is 1.54. The van der Waals surface area contributed by atoms with Crippen molar-refractivity contribution < 1.29 is 28.6 Å². The molecule has 4 rings (SSSR count). The quantitative estimate of drug-likeness (QED) is 0.483. The summed E-state index contributed by atoms with van der Waals surface area (Å²) in [5, 5.41) is 10.8. The first-order valence-corrected chi connectivity index (χ1v) is 10.6. The van der Waals surface area contributed by atoms with Gasteiger partial charge in [0.1, 0.15) is 11.5 Å². The first-order valence-electron chi connectivity index (χ1n) is 10.6. The zero-order chi connectivity index (χ0) is 23.5. The Morgan fingerprint density at radius 1 is 1.09 bits per heavy atom. The smallest absolute Gasteiger partial charge is 0.294 e. The third-order valence-corrected chi connectivity index (χ3v) is 5.31. The maximum absolute atomic E-state index is 13.2. The van der Waals surface area contributed by atoms with E-state index in [4.69, 9.17) is 13.9 Å². The summed E-state index contributed by atoms with van der Waals surface area (Å²) in [6.07, 6.45) is 1.37. The van der Waals surface area contributed by atoms with Gasteiger partial charge in [-0.05, 0) is 60.0 Å². The fraction of sp³-hybridized carbons (Fsp3) is 0.231. The van der Waals surface area contributed by atoms with Crippen LogP contribution in [0.1, 0.15) is 36.0 Å². The van der Waals surface area contributed by atoms with Crippen LogP contribution >= 0.6 is 0 Å². The van der Waals surface area contributed by atoms with Crippen LogP contribution in [0.5, 0.6) is 11.5 Å². The molecule has 1 N–H and O–H groups in total. The molecule has 0 saturated carbocycles. The van der Waals surface area contributed by atoms with Crippen molar-refractivity contribution in [2.24, 2.45) is 5.92 Å². The van der Waals surface area contributed by atoms with Gasteiger partial charge in [0.05, 0.1) is 31.6 Å². The summed E-state index contributed by atoms with van der Waals surface area (Å²) in [5.41, 5.74) is 1.07. The van der Waals surface area contributed by atoms with E-state index in [0.717, 1.165) is 0 Å². The fourth-order valence-electron chi connectivity index (χ4n) is 3.74. The number of rotatable bonds is 8. The Morgan fingerprint density at radius 3 is 2.48 bits per heavy atom. The Morgan fingerprint density at radius 2 is 1.85 bits per heavy atom. The van der Waals surface area contributed by atoms with E-state index in [2.05, 4.69) is 13.8 Å². The Kier molecular flexibility index (Phi) is 6.22. The number of carbonyl (C=O) groups is 2. The van der Waals surface area contributed by atoms with Crippen LogP contribution < -0.4 is 14.4 Å². The molecular formula is C26H25NO6. The highest BCUT2D eigenvalue weighted by molar-refractivity contribution is 6.20. The van der Waals surface area contributed by atoms with Gasteiger partial charge in [0, 0.05) is 5.69 Å². The monoisotopic (exact) mass is 447 g/mol. The second-order valence-electron chi connectivity index (χ2n) is 8.12. The predicted molar refractivity (Wildman–Crippen MR) is 123 cm³/mol. The van der Waals surface area contributed by atoms with Gasteiger partial charge in [-0.2, -0.15) is 0 Å². The maximum Gasteiger partial charge on any atom is 0.294 e. The van der Waals surface area contributed by atoms with Gasteiger partial charge in [-0.1, -0.05) is 26.0 Å². The number of nitrogens with zero attached hydrogens (tertiary/aromatic N) is 1. The van der Waals surface area contributed by atoms with E-state index in [9.17, 15) is 14.7 Å². The number of aliphatic hydroxyl groups is 1. The summed E-state index contributed by atoms with van der Waals surface area (Å²) >= 11 is 0. The van der Waals surface area contributed by atoms with Crippen LogP contribution in [0.25, 0.3) is 0 Å². The molecule has 1 aliphatic rings. The number of ketones is 1. The SMILES string of the molecule is COc1cccc(C2C(C(=O)c3ccco3)=C(O)C(=O)N2c2ccc(OCC(C)C)cc2)c1. The highest BCUT2D eigenvalue weighted by atomic mass is 16.5. The van der Waals surface area contributed by atoms with Crippen molar-refractivity contribution in [2.45, 2.75) is 19.9 Å². The van der Waals surface area contributed by atoms with Gasteiger partial charge < -0.3 is 19.0 Å². The molecule has 0 bridgehead atoms. The molecule has 0 fully saturated rings. The van der Waals surface area contributed by atoms with Crippen LogP contribution in [-0.2, 0) is 4.79 Å². The lowest BCUT2D eigenvalue weighted by Crippen LogP contribution is -2.31. The Hall–Kier alpha value is -4.00. The fourth-order valence-corrected chi connectivity index (χ4v) is 3.74. The van der Waals surface area contributed by atoms with E-state index in [1.807, 2.05) is 0 Å². The second kappa shape index (κ2) is 9.24. The average Bonchev–Trinajstić information content (AvgIpc) is 3.45. The van der Waals surface area contributed by atoms with Crippen LogP contribution in [0.2, 0.25) is 0 Å². The number of furan rings is 1. The lowest BCUT2D eigenvalue weighted by atomic mass is 9.94. The van der Waals surface area contributed by atoms with Gasteiger partial charge in [0.2, 0.25) is 5.78 Å². The average molecular weight is 447 g/mol. The molecule has 3 aromatic rings. The van der Waals surface area contributed by atoms with Crippen LogP contribution in [-0.4, -0.2) is 30.5 Å². The van der Waals surface area contributed by atoms with E-state index in [1.54, 1.807) is 54.6 Å². The highest BCUT2D eigenvalue weighted by Gasteiger charge is 2.45. The zero-order valence-electron chi connectivity index (χ0n) is 18.6. The van der Waals surface area contributed by atoms with Crippen molar-refractivity contribution in [3.63, 3.8) is 0 Å². The number of anilines is 1. The lowest BCUT2D eigenvalue weighted by Gasteiger charge is -2.27. The third-order valence-electron chi connectivity index (χ3n) is 5.31. The van der Waals surface area contributed by atoms with Crippen molar-refractivity contribution in [3.8, 4) is 11.5 Å². The summed E-state index contributed by atoms with van der Waals surface area (Å²) in [6.45, 7) is 4.68. The van der Waals surface area contributed by atoms with Gasteiger partial charge >= 0.3 is 0 Å². The minimum atomic E-state index is -0.868. The number of methoxy groups -OCH3 is 1. The maximum atomic E-state index is 13.2. The number of amides is 1. The molecule has 0 spiro atoms. The van der Waals surface area contributed by atoms with Crippen molar-refractivity contribution in [1.82, 2.24) is 0 Å². The Labute approximate surface area is 191 Å². The van der Waals surface area contributed by atoms with E-state index >= 15 is 0 Å². The molecule has 0 radical (unpaired) electrons. The first kappa shape index (κ1) is 22.2. The number of carbonyl (C=O) groups excluding carboxylic acids is 2. The third kappa shape index (κ3) is 4.35. The second-order valence-corrected chi connectivity index (χ2v) is 8.12. The van der Waals surface area contributed by atoms with Crippen molar-refractivity contribution in [3.05, 3.63) is 89.6 Å². The Bertz CT molecular complexity index is 1180. The first-order chi connectivity index (χ1) is 15.9. The van der Waals surface area contributed by atoms with Crippen molar-refractivity contribution in [2.75, 3.05) is 18.6 Å². The molecule has 170 valence electrons. The van der Waals surface area contributed by atoms with Crippen LogP contribution in [0, 0.1) is 5.92 Å². The van der Waals surface area contributed by atoms with E-state index in [-0.39, 0.29) is 11.3 Å². The molecule has 0 aliphatic carbocycles. The van der Waals surface area contributed by atoms with Gasteiger partial charge in [-0.25, -0.2) is 0 Å². The number of Topliss-reactive ketones (excluding diaryl/α,β-unsaturated/α-hetero) is 1. The van der Waals surface area contributed by atoms with Crippen molar-refractivity contribution >= 4 is 17.4 Å². The molecule has 1 aromatic heterocycles. The minimum absolute atomic E-state index is 0.0385. The van der Waals surface area contributed by atoms with Crippen LogP contribution in [0.4, 0.5) is 5.69 Å². The number of aliphatic hydroxyl groups excluding tert-OH is 1. The van der Waals surface area contributed by atoms with Crippen LogP contribution in [0.15, 0.2) is 82.7 Å². The number of hydrogen-bond acceptors (Lipinski definition) is 6. The molecule has 1 aliphatic heterocycles. The molecule has 1 atom stereocenters. The zero-order valence-corrected chi connectivity index (χ0v) is 18.6. The number of hydrogen-bond donors (Lipinski definition) is 1. The lowest BCUT2D eigenvalue weighted by molar-refractivity contribution is -0.117. The predicted octanol–water partition coefficient (Wildman–Crippen LogP) is 5.11. The molecule has 1 unspecified atom stereocenters. The topological polar surface area (TPSA) is 89.2 Å². The van der Waals surface area contributed by atoms with E-state index < -0.39 is 23.5 Å².